The van der Waals surface area contributed by atoms with Crippen molar-refractivity contribution in [3.8, 4) is 0 Å². The molecule has 0 spiro atoms. The van der Waals surface area contributed by atoms with Crippen LogP contribution in [0, 0.1) is 28.6 Å². The molecule has 9 atom stereocenters. The molecule has 33 heavy (non-hydrogen) atoms. The summed E-state index contributed by atoms with van der Waals surface area (Å²) in [6.45, 7) is 6.64. The van der Waals surface area contributed by atoms with Gasteiger partial charge in [-0.15, -0.1) is 11.6 Å². The third kappa shape index (κ3) is 2.87. The quantitative estimate of drug-likeness (QED) is 0.481. The van der Waals surface area contributed by atoms with Gasteiger partial charge in [0, 0.05) is 29.1 Å². The number of hydrogen-bond donors (Lipinski definition) is 1. The fraction of sp³-hybridized carbons (Fsp3) is 0.720. The number of esters is 1. The SMILES string of the molecule is CCC(=O)O[C@]1(C(=O)CCl)[C@@H](C)C[C@H]2[C@@H]3C[C@H](F)C4=CC(=O)C=C[C@]4(C)[C@]3(F)[C@@H](O)C[C@@]21C. The van der Waals surface area contributed by atoms with Crippen LogP contribution in [0.25, 0.3) is 0 Å². The molecule has 0 aromatic carbocycles. The second-order valence-corrected chi connectivity index (χ2v) is 10.9. The van der Waals surface area contributed by atoms with Crippen LogP contribution in [-0.2, 0) is 19.1 Å². The number of ketones is 2. The predicted molar refractivity (Wildman–Crippen MR) is 118 cm³/mol. The molecule has 0 aliphatic heterocycles. The Hall–Kier alpha value is -1.60. The third-order valence-corrected chi connectivity index (χ3v) is 9.51. The van der Waals surface area contributed by atoms with Crippen molar-refractivity contribution in [2.24, 2.45) is 28.6 Å². The summed E-state index contributed by atoms with van der Waals surface area (Å²) in [5.41, 5.74) is -6.47. The topological polar surface area (TPSA) is 80.7 Å². The van der Waals surface area contributed by atoms with Crippen molar-refractivity contribution in [3.63, 3.8) is 0 Å². The summed E-state index contributed by atoms with van der Waals surface area (Å²) in [5.74, 6) is -3.84. The van der Waals surface area contributed by atoms with Gasteiger partial charge < -0.3 is 9.84 Å². The number of hydrogen-bond acceptors (Lipinski definition) is 5. The van der Waals surface area contributed by atoms with Crippen LogP contribution >= 0.6 is 11.6 Å². The van der Waals surface area contributed by atoms with E-state index in [2.05, 4.69) is 0 Å². The lowest BCUT2D eigenvalue weighted by molar-refractivity contribution is -0.230. The highest BCUT2D eigenvalue weighted by Gasteiger charge is 2.77. The van der Waals surface area contributed by atoms with Crippen molar-refractivity contribution < 1.29 is 33.0 Å². The average molecular weight is 485 g/mol. The van der Waals surface area contributed by atoms with Gasteiger partial charge in [0.1, 0.15) is 6.17 Å². The van der Waals surface area contributed by atoms with E-state index >= 15 is 8.78 Å². The minimum atomic E-state index is -2.25. The largest absolute Gasteiger partial charge is 0.450 e. The summed E-state index contributed by atoms with van der Waals surface area (Å²) in [6.07, 6.45) is 0.584. The van der Waals surface area contributed by atoms with Gasteiger partial charge in [0.15, 0.2) is 22.8 Å². The number of halogens is 3. The van der Waals surface area contributed by atoms with E-state index in [0.717, 1.165) is 6.08 Å². The Labute approximate surface area is 197 Å². The smallest absolute Gasteiger partial charge is 0.306 e. The molecule has 5 nitrogen and oxygen atoms in total. The van der Waals surface area contributed by atoms with E-state index in [9.17, 15) is 19.5 Å². The molecule has 0 heterocycles. The number of rotatable bonds is 4. The van der Waals surface area contributed by atoms with Crippen molar-refractivity contribution in [2.75, 3.05) is 5.88 Å². The lowest BCUT2D eigenvalue weighted by Crippen LogP contribution is -2.71. The Morgan fingerprint density at radius 3 is 2.55 bits per heavy atom. The van der Waals surface area contributed by atoms with E-state index in [1.54, 1.807) is 20.8 Å². The van der Waals surface area contributed by atoms with Crippen LogP contribution in [0.1, 0.15) is 53.4 Å². The molecule has 3 saturated carbocycles. The summed E-state index contributed by atoms with van der Waals surface area (Å²) in [7, 11) is 0. The van der Waals surface area contributed by atoms with Gasteiger partial charge in [-0.25, -0.2) is 8.78 Å². The van der Waals surface area contributed by atoms with Crippen molar-refractivity contribution in [2.45, 2.75) is 76.9 Å². The molecule has 0 amide bonds. The summed E-state index contributed by atoms with van der Waals surface area (Å²) < 4.78 is 38.5. The van der Waals surface area contributed by atoms with Crippen LogP contribution in [0.2, 0.25) is 0 Å². The summed E-state index contributed by atoms with van der Waals surface area (Å²) in [4.78, 5) is 37.7. The maximum absolute atomic E-state index is 17.2. The van der Waals surface area contributed by atoms with Gasteiger partial charge in [-0.1, -0.05) is 26.8 Å². The first-order valence-electron chi connectivity index (χ1n) is 11.6. The van der Waals surface area contributed by atoms with Crippen LogP contribution in [0.3, 0.4) is 0 Å². The minimum absolute atomic E-state index is 0.0431. The molecule has 0 radical (unpaired) electrons. The zero-order valence-corrected chi connectivity index (χ0v) is 20.1. The number of allylic oxidation sites excluding steroid dienone is 4. The molecule has 0 aromatic heterocycles. The monoisotopic (exact) mass is 484 g/mol. The number of carbonyl (C=O) groups excluding carboxylic acids is 3. The molecule has 0 bridgehead atoms. The lowest BCUT2D eigenvalue weighted by atomic mass is 9.44. The number of ether oxygens (including phenoxy) is 1. The number of alkyl halides is 3. The fourth-order valence-electron chi connectivity index (χ4n) is 7.74. The molecular formula is C25H31ClF2O5. The minimum Gasteiger partial charge on any atom is -0.450 e. The second kappa shape index (κ2) is 7.70. The highest BCUT2D eigenvalue weighted by Crippen LogP contribution is 2.71. The lowest BCUT2D eigenvalue weighted by Gasteiger charge is -2.63. The molecule has 4 rings (SSSR count). The van der Waals surface area contributed by atoms with Crippen LogP contribution in [0.4, 0.5) is 8.78 Å². The number of aliphatic hydroxyl groups excluding tert-OH is 1. The van der Waals surface area contributed by atoms with Crippen molar-refractivity contribution >= 4 is 29.1 Å². The van der Waals surface area contributed by atoms with Gasteiger partial charge >= 0.3 is 5.97 Å². The number of aliphatic hydroxyl groups is 1. The molecular weight excluding hydrogens is 454 g/mol. The van der Waals surface area contributed by atoms with Crippen molar-refractivity contribution in [1.29, 1.82) is 0 Å². The predicted octanol–water partition coefficient (Wildman–Crippen LogP) is 4.05. The Balaban J connectivity index is 1.88. The van der Waals surface area contributed by atoms with Crippen LogP contribution < -0.4 is 0 Å². The molecule has 182 valence electrons. The van der Waals surface area contributed by atoms with Crippen molar-refractivity contribution in [3.05, 3.63) is 23.8 Å². The first-order chi connectivity index (χ1) is 15.3. The van der Waals surface area contributed by atoms with Gasteiger partial charge in [0.2, 0.25) is 0 Å². The number of carbonyl (C=O) groups is 3. The van der Waals surface area contributed by atoms with Gasteiger partial charge in [0.05, 0.1) is 12.0 Å². The number of fused-ring (bicyclic) bond motifs is 5. The van der Waals surface area contributed by atoms with Gasteiger partial charge in [-0.3, -0.25) is 14.4 Å². The fourth-order valence-corrected chi connectivity index (χ4v) is 7.94. The molecule has 0 saturated heterocycles. The molecule has 4 aliphatic rings. The van der Waals surface area contributed by atoms with Crippen LogP contribution in [0.5, 0.6) is 0 Å². The van der Waals surface area contributed by atoms with E-state index in [-0.39, 0.29) is 24.8 Å². The van der Waals surface area contributed by atoms with E-state index in [0.29, 0.717) is 6.42 Å². The average Bonchev–Trinajstić information content (AvgIpc) is 2.98. The Morgan fingerprint density at radius 2 is 1.94 bits per heavy atom. The van der Waals surface area contributed by atoms with Gasteiger partial charge in [-0.05, 0) is 49.8 Å². The summed E-state index contributed by atoms with van der Waals surface area (Å²) in [5, 5.41) is 11.4. The molecule has 1 N–H and O–H groups in total. The van der Waals surface area contributed by atoms with Crippen LogP contribution in [0.15, 0.2) is 23.8 Å². The molecule has 0 aromatic rings. The normalized spacial score (nSPS) is 48.4. The van der Waals surface area contributed by atoms with Gasteiger partial charge in [-0.2, -0.15) is 0 Å². The van der Waals surface area contributed by atoms with E-state index in [1.807, 2.05) is 0 Å². The molecule has 8 heteroatoms. The molecule has 0 unspecified atom stereocenters. The van der Waals surface area contributed by atoms with E-state index in [1.165, 1.54) is 19.1 Å². The Kier molecular flexibility index (Phi) is 5.73. The standard InChI is InChI=1S/C25H31ClF2O5/c1-5-21(32)33-25(20(31)12-26)13(2)8-15-16-10-18(27)17-9-14(29)6-7-22(17,3)24(16,28)19(30)11-23(15,25)4/h6-7,9,13,15-16,18-19,30H,5,8,10-12H2,1-4H3/t13-,15-,16-,18-,19-,22-,23-,24+,25-/m0/s1. The zero-order chi connectivity index (χ0) is 24.6. The second-order valence-electron chi connectivity index (χ2n) is 10.6. The summed E-state index contributed by atoms with van der Waals surface area (Å²) in [6, 6.07) is 0. The molecule has 3 fully saturated rings. The third-order valence-electron chi connectivity index (χ3n) is 9.27. The first-order valence-corrected chi connectivity index (χ1v) is 12.1. The highest BCUT2D eigenvalue weighted by molar-refractivity contribution is 6.29. The summed E-state index contributed by atoms with van der Waals surface area (Å²) >= 11 is 5.97. The Bertz CT molecular complexity index is 964. The van der Waals surface area contributed by atoms with Crippen LogP contribution in [-0.4, -0.2) is 52.1 Å². The highest BCUT2D eigenvalue weighted by atomic mass is 35.5. The van der Waals surface area contributed by atoms with Gasteiger partial charge in [0.25, 0.3) is 0 Å². The number of Topliss-reactive ketones (excluding diaryl/α,β-unsaturated/α-hetero) is 1. The first kappa shape index (κ1) is 24.5. The van der Waals surface area contributed by atoms with E-state index in [4.69, 9.17) is 16.3 Å². The van der Waals surface area contributed by atoms with E-state index < -0.39 is 75.5 Å². The molecule has 4 aliphatic carbocycles. The zero-order valence-electron chi connectivity index (χ0n) is 19.4. The van der Waals surface area contributed by atoms with Crippen molar-refractivity contribution in [1.82, 2.24) is 0 Å². The Morgan fingerprint density at radius 1 is 1.27 bits per heavy atom. The maximum Gasteiger partial charge on any atom is 0.306 e. The maximum atomic E-state index is 17.2.